The van der Waals surface area contributed by atoms with Crippen molar-refractivity contribution in [2.45, 2.75) is 32.9 Å². The van der Waals surface area contributed by atoms with Crippen molar-refractivity contribution in [1.82, 2.24) is 14.3 Å². The molecule has 0 radical (unpaired) electrons. The second-order valence-corrected chi connectivity index (χ2v) is 8.08. The van der Waals surface area contributed by atoms with Crippen LogP contribution in [0.4, 0.5) is 10.1 Å². The van der Waals surface area contributed by atoms with Crippen molar-refractivity contribution < 1.29 is 14.3 Å². The van der Waals surface area contributed by atoms with E-state index in [0.29, 0.717) is 23.4 Å². The first kappa shape index (κ1) is 22.0. The largest absolute Gasteiger partial charge is 0.388 e. The summed E-state index contributed by atoms with van der Waals surface area (Å²) in [5, 5.41) is 13.9. The maximum atomic E-state index is 14.6. The molecule has 0 saturated heterocycles. The first-order valence-corrected chi connectivity index (χ1v) is 10.5. The molecular formula is C23H22ClFN4O3. The number of hydrogen-bond acceptors (Lipinski definition) is 4. The number of halogens is 2. The number of carbonyl (C=O) groups excluding carboxylic acids is 1. The third-order valence-corrected chi connectivity index (χ3v) is 6.00. The highest BCUT2D eigenvalue weighted by Gasteiger charge is 2.35. The minimum absolute atomic E-state index is 0.0330. The molecule has 1 atom stereocenters. The molecule has 32 heavy (non-hydrogen) atoms. The highest BCUT2D eigenvalue weighted by atomic mass is 35.5. The van der Waals surface area contributed by atoms with Crippen LogP contribution in [0.15, 0.2) is 53.3 Å². The van der Waals surface area contributed by atoms with Crippen LogP contribution in [-0.2, 0) is 13.2 Å². The van der Waals surface area contributed by atoms with Crippen molar-refractivity contribution in [3.8, 4) is 5.69 Å². The molecule has 0 saturated carbocycles. The fourth-order valence-corrected chi connectivity index (χ4v) is 4.34. The van der Waals surface area contributed by atoms with E-state index in [2.05, 4.69) is 11.7 Å². The highest BCUT2D eigenvalue weighted by molar-refractivity contribution is 6.34. The summed E-state index contributed by atoms with van der Waals surface area (Å²) in [7, 11) is 0. The van der Waals surface area contributed by atoms with Crippen LogP contribution >= 0.6 is 11.6 Å². The summed E-state index contributed by atoms with van der Waals surface area (Å²) < 4.78 is 17.2. The van der Waals surface area contributed by atoms with Crippen LogP contribution in [0.1, 0.15) is 41.5 Å². The van der Waals surface area contributed by atoms with Crippen molar-refractivity contribution in [1.29, 1.82) is 0 Å². The Labute approximate surface area is 189 Å². The number of rotatable bonds is 5. The van der Waals surface area contributed by atoms with E-state index < -0.39 is 11.7 Å². The van der Waals surface area contributed by atoms with Gasteiger partial charge in [-0.15, -0.1) is 5.10 Å². The molecule has 3 aromatic rings. The molecule has 4 rings (SSSR count). The number of aromatic nitrogens is 3. The first-order chi connectivity index (χ1) is 15.3. The van der Waals surface area contributed by atoms with Gasteiger partial charge in [-0.25, -0.2) is 9.18 Å². The Morgan fingerprint density at radius 1 is 1.31 bits per heavy atom. The normalized spacial score (nSPS) is 15.7. The number of fused-ring (bicyclic) bond motifs is 1. The average Bonchev–Trinajstić information content (AvgIpc) is 3.09. The molecule has 1 amide bonds. The van der Waals surface area contributed by atoms with Gasteiger partial charge in [0.05, 0.1) is 16.4 Å². The molecule has 7 nitrogen and oxygen atoms in total. The Morgan fingerprint density at radius 3 is 2.66 bits per heavy atom. The van der Waals surface area contributed by atoms with Crippen LogP contribution in [0.25, 0.3) is 5.69 Å². The Kier molecular flexibility index (Phi) is 5.75. The fraction of sp³-hybridized carbons (Fsp3) is 0.261. The number of nitrogens with zero attached hydrogens (tertiary/aromatic N) is 4. The molecule has 9 heteroatoms. The van der Waals surface area contributed by atoms with Crippen LogP contribution < -0.4 is 10.6 Å². The topological polar surface area (TPSA) is 80.4 Å². The van der Waals surface area contributed by atoms with E-state index >= 15 is 0 Å². The summed E-state index contributed by atoms with van der Waals surface area (Å²) in [5.74, 6) is -1.03. The molecule has 0 fully saturated rings. The number of aliphatic hydroxyl groups is 1. The average molecular weight is 457 g/mol. The summed E-state index contributed by atoms with van der Waals surface area (Å²) in [6.07, 6.45) is 0. The number of aliphatic hydroxyl groups excluding tert-OH is 1. The maximum absolute atomic E-state index is 14.6. The van der Waals surface area contributed by atoms with Crippen LogP contribution in [0.2, 0.25) is 5.02 Å². The standard InChI is InChI=1S/C23H22ClFN4O3/c1-4-27-20(12-30)26-29(23(27)32)14-8-9-15-16(10-14)17(13(2)3)11-28(22(15)31)21-18(24)6-5-7-19(21)25/h5-10,17,30H,2,4,11-12H2,1,3H3. The van der Waals surface area contributed by atoms with Crippen molar-refractivity contribution in [3.05, 3.63) is 86.8 Å². The van der Waals surface area contributed by atoms with Crippen molar-refractivity contribution >= 4 is 23.2 Å². The SMILES string of the molecule is C=C(C)C1CN(c2c(F)cccc2Cl)C(=O)c2ccc(-n3nc(CO)n(CC)c3=O)cc21. The molecule has 166 valence electrons. The van der Waals surface area contributed by atoms with Crippen molar-refractivity contribution in [3.63, 3.8) is 0 Å². The lowest BCUT2D eigenvalue weighted by Crippen LogP contribution is -2.41. The van der Waals surface area contributed by atoms with Crippen LogP contribution in [-0.4, -0.2) is 31.9 Å². The van der Waals surface area contributed by atoms with Gasteiger partial charge < -0.3 is 10.0 Å². The van der Waals surface area contributed by atoms with E-state index in [1.807, 2.05) is 6.92 Å². The molecule has 0 spiro atoms. The van der Waals surface area contributed by atoms with Crippen molar-refractivity contribution in [2.75, 3.05) is 11.4 Å². The predicted molar refractivity (Wildman–Crippen MR) is 120 cm³/mol. The van der Waals surface area contributed by atoms with E-state index in [1.54, 1.807) is 25.1 Å². The van der Waals surface area contributed by atoms with Gasteiger partial charge in [-0.05, 0) is 49.7 Å². The van der Waals surface area contributed by atoms with E-state index in [4.69, 9.17) is 11.6 Å². The molecule has 1 aliphatic rings. The Balaban J connectivity index is 1.86. The van der Waals surface area contributed by atoms with Gasteiger partial charge in [0.15, 0.2) is 5.82 Å². The Bertz CT molecular complexity index is 1280. The van der Waals surface area contributed by atoms with E-state index in [-0.39, 0.29) is 41.3 Å². The number of carbonyl (C=O) groups is 1. The Hall–Kier alpha value is -3.23. The lowest BCUT2D eigenvalue weighted by Gasteiger charge is -2.35. The summed E-state index contributed by atoms with van der Waals surface area (Å²) >= 11 is 6.22. The summed E-state index contributed by atoms with van der Waals surface area (Å²) in [6, 6.07) is 9.21. The van der Waals surface area contributed by atoms with Gasteiger partial charge in [-0.1, -0.05) is 29.8 Å². The zero-order valence-electron chi connectivity index (χ0n) is 17.7. The molecule has 0 aliphatic carbocycles. The van der Waals surface area contributed by atoms with Gasteiger partial charge in [0.1, 0.15) is 12.4 Å². The second kappa shape index (κ2) is 8.37. The molecule has 2 heterocycles. The number of anilines is 1. The van der Waals surface area contributed by atoms with Crippen LogP contribution in [0, 0.1) is 5.82 Å². The molecular weight excluding hydrogens is 435 g/mol. The second-order valence-electron chi connectivity index (χ2n) is 7.67. The summed E-state index contributed by atoms with van der Waals surface area (Å²) in [4.78, 5) is 27.4. The van der Waals surface area contributed by atoms with Gasteiger partial charge in [0.25, 0.3) is 5.91 Å². The zero-order valence-corrected chi connectivity index (χ0v) is 18.4. The minimum atomic E-state index is -0.584. The van der Waals surface area contributed by atoms with Gasteiger partial charge >= 0.3 is 5.69 Å². The third kappa shape index (κ3) is 3.45. The maximum Gasteiger partial charge on any atom is 0.350 e. The number of amides is 1. The molecule has 2 aromatic carbocycles. The van der Waals surface area contributed by atoms with E-state index in [1.165, 1.54) is 32.3 Å². The monoisotopic (exact) mass is 456 g/mol. The van der Waals surface area contributed by atoms with Crippen LogP contribution in [0.3, 0.4) is 0 Å². The highest BCUT2D eigenvalue weighted by Crippen LogP contribution is 2.39. The molecule has 0 bridgehead atoms. The number of hydrogen-bond donors (Lipinski definition) is 1. The van der Waals surface area contributed by atoms with E-state index in [0.717, 1.165) is 5.57 Å². The lowest BCUT2D eigenvalue weighted by molar-refractivity contribution is 0.0977. The van der Waals surface area contributed by atoms with Gasteiger partial charge in [0.2, 0.25) is 0 Å². The quantitative estimate of drug-likeness (QED) is 0.594. The number of para-hydroxylation sites is 1. The molecule has 1 unspecified atom stereocenters. The summed E-state index contributed by atoms with van der Waals surface area (Å²) in [6.45, 7) is 7.83. The van der Waals surface area contributed by atoms with E-state index in [9.17, 15) is 19.1 Å². The first-order valence-electron chi connectivity index (χ1n) is 10.1. The van der Waals surface area contributed by atoms with Gasteiger partial charge in [-0.2, -0.15) is 4.68 Å². The molecule has 1 N–H and O–H groups in total. The third-order valence-electron chi connectivity index (χ3n) is 5.69. The number of benzene rings is 2. The smallest absolute Gasteiger partial charge is 0.350 e. The van der Waals surface area contributed by atoms with Crippen LogP contribution in [0.5, 0.6) is 0 Å². The Morgan fingerprint density at radius 2 is 2.06 bits per heavy atom. The van der Waals surface area contributed by atoms with Gasteiger partial charge in [-0.3, -0.25) is 9.36 Å². The van der Waals surface area contributed by atoms with Crippen molar-refractivity contribution in [2.24, 2.45) is 0 Å². The summed E-state index contributed by atoms with van der Waals surface area (Å²) in [5.41, 5.74) is 1.93. The fourth-order valence-electron chi connectivity index (χ4n) is 4.08. The minimum Gasteiger partial charge on any atom is -0.388 e. The molecule has 1 aromatic heterocycles. The lowest BCUT2D eigenvalue weighted by atomic mass is 9.84. The zero-order chi connectivity index (χ0) is 23.2. The predicted octanol–water partition coefficient (Wildman–Crippen LogP) is 3.66. The van der Waals surface area contributed by atoms with Gasteiger partial charge in [0, 0.05) is 24.6 Å². The molecule has 1 aliphatic heterocycles.